The highest BCUT2D eigenvalue weighted by molar-refractivity contribution is 6.10. The van der Waals surface area contributed by atoms with E-state index in [0.29, 0.717) is 0 Å². The van der Waals surface area contributed by atoms with Crippen LogP contribution in [-0.4, -0.2) is 4.98 Å². The van der Waals surface area contributed by atoms with Crippen LogP contribution < -0.4 is 0 Å². The Bertz CT molecular complexity index is 1180. The van der Waals surface area contributed by atoms with Gasteiger partial charge in [0.05, 0.1) is 17.3 Å². The number of hydrogen-bond donors (Lipinski definition) is 0. The van der Waals surface area contributed by atoms with E-state index in [1.165, 1.54) is 0 Å². The van der Waals surface area contributed by atoms with Crippen LogP contribution in [-0.2, 0) is 0 Å². The monoisotopic (exact) mass is 354 g/mol. The fourth-order valence-electron chi connectivity index (χ4n) is 3.98. The maximum absolute atomic E-state index is 9.78. The highest BCUT2D eigenvalue weighted by Crippen LogP contribution is 2.42. The van der Waals surface area contributed by atoms with E-state index in [0.717, 1.165) is 49.9 Å². The van der Waals surface area contributed by atoms with Crippen LogP contribution >= 0.6 is 0 Å². The number of hydrogen-bond acceptors (Lipinski definition) is 3. The van der Waals surface area contributed by atoms with Gasteiger partial charge in [-0.15, -0.1) is 0 Å². The van der Waals surface area contributed by atoms with Gasteiger partial charge in [0, 0.05) is 28.1 Å². The summed E-state index contributed by atoms with van der Waals surface area (Å²) >= 11 is 0. The summed E-state index contributed by atoms with van der Waals surface area (Å²) < 4.78 is 6.47. The molecule has 0 aliphatic carbocycles. The van der Waals surface area contributed by atoms with Crippen LogP contribution in [0.2, 0.25) is 0 Å². The first-order chi connectivity index (χ1) is 13.0. The minimum atomic E-state index is 0.255. The maximum atomic E-state index is 9.78. The van der Waals surface area contributed by atoms with Gasteiger partial charge in [0.25, 0.3) is 0 Å². The van der Waals surface area contributed by atoms with E-state index in [1.54, 1.807) is 6.20 Å². The number of para-hydroxylation sites is 1. The molecule has 2 heterocycles. The predicted octanol–water partition coefficient (Wildman–Crippen LogP) is 6.77. The summed E-state index contributed by atoms with van der Waals surface area (Å²) in [5.74, 6) is 0.516. The number of rotatable bonds is 3. The van der Waals surface area contributed by atoms with E-state index in [4.69, 9.17) is 4.42 Å². The second kappa shape index (κ2) is 6.55. The molecule has 0 N–H and O–H groups in total. The molecule has 0 radical (unpaired) electrons. The topological polar surface area (TPSA) is 49.8 Å². The standard InChI is InChI=1S/C24H22N2O/c1-14(2)21-16(13-25)12-19-17-8-7-9-18(20-10-5-6-11-26-20)23(17)27-24(19)22(21)15(3)4/h5-12,14-15H,1-4H3. The lowest BCUT2D eigenvalue weighted by atomic mass is 9.85. The van der Waals surface area contributed by atoms with Gasteiger partial charge in [-0.2, -0.15) is 5.26 Å². The summed E-state index contributed by atoms with van der Waals surface area (Å²) in [6, 6.07) is 16.4. The third-order valence-corrected chi connectivity index (χ3v) is 5.08. The first-order valence-electron chi connectivity index (χ1n) is 9.36. The summed E-state index contributed by atoms with van der Waals surface area (Å²) in [4.78, 5) is 4.49. The van der Waals surface area contributed by atoms with E-state index in [2.05, 4.69) is 44.8 Å². The van der Waals surface area contributed by atoms with Crippen LogP contribution in [0, 0.1) is 11.3 Å². The number of aromatic nitrogens is 1. The maximum Gasteiger partial charge on any atom is 0.144 e. The number of nitriles is 1. The van der Waals surface area contributed by atoms with E-state index in [1.807, 2.05) is 36.4 Å². The van der Waals surface area contributed by atoms with Gasteiger partial charge in [0.2, 0.25) is 0 Å². The quantitative estimate of drug-likeness (QED) is 0.408. The Morgan fingerprint density at radius 1 is 0.889 bits per heavy atom. The number of furan rings is 1. The molecule has 0 unspecified atom stereocenters. The lowest BCUT2D eigenvalue weighted by Gasteiger charge is -2.18. The summed E-state index contributed by atoms with van der Waals surface area (Å²) in [5, 5.41) is 11.8. The first-order valence-corrected chi connectivity index (χ1v) is 9.36. The first kappa shape index (κ1) is 17.3. The molecular weight excluding hydrogens is 332 g/mol. The fourth-order valence-corrected chi connectivity index (χ4v) is 3.98. The van der Waals surface area contributed by atoms with Crippen LogP contribution in [0.5, 0.6) is 0 Å². The second-order valence-corrected chi connectivity index (χ2v) is 7.55. The van der Waals surface area contributed by atoms with Crippen LogP contribution in [0.25, 0.3) is 33.2 Å². The molecule has 0 aliphatic rings. The molecule has 3 heteroatoms. The number of benzene rings is 2. The van der Waals surface area contributed by atoms with Gasteiger partial charge in [-0.05, 0) is 41.7 Å². The van der Waals surface area contributed by atoms with Gasteiger partial charge in [0.1, 0.15) is 11.2 Å². The molecule has 0 aliphatic heterocycles. The summed E-state index contributed by atoms with van der Waals surface area (Å²) in [6.07, 6.45) is 1.79. The van der Waals surface area contributed by atoms with Crippen molar-refractivity contribution < 1.29 is 4.42 Å². The minimum absolute atomic E-state index is 0.255. The Kier molecular flexibility index (Phi) is 4.20. The van der Waals surface area contributed by atoms with E-state index in [9.17, 15) is 5.26 Å². The third kappa shape index (κ3) is 2.69. The van der Waals surface area contributed by atoms with E-state index in [-0.39, 0.29) is 11.8 Å². The van der Waals surface area contributed by atoms with Crippen LogP contribution in [0.15, 0.2) is 53.1 Å². The lowest BCUT2D eigenvalue weighted by Crippen LogP contribution is -2.02. The highest BCUT2D eigenvalue weighted by atomic mass is 16.3. The van der Waals surface area contributed by atoms with Crippen molar-refractivity contribution in [3.05, 3.63) is 65.4 Å². The number of nitrogens with zero attached hydrogens (tertiary/aromatic N) is 2. The van der Waals surface area contributed by atoms with Crippen molar-refractivity contribution >= 4 is 21.9 Å². The van der Waals surface area contributed by atoms with Gasteiger partial charge in [-0.25, -0.2) is 0 Å². The minimum Gasteiger partial charge on any atom is -0.455 e. The molecule has 2 aromatic carbocycles. The van der Waals surface area contributed by atoms with Crippen molar-refractivity contribution in [3.63, 3.8) is 0 Å². The normalized spacial score (nSPS) is 11.6. The smallest absolute Gasteiger partial charge is 0.144 e. The summed E-state index contributed by atoms with van der Waals surface area (Å²) in [6.45, 7) is 8.59. The van der Waals surface area contributed by atoms with Crippen molar-refractivity contribution in [1.82, 2.24) is 4.98 Å². The zero-order valence-corrected chi connectivity index (χ0v) is 16.1. The second-order valence-electron chi connectivity index (χ2n) is 7.55. The molecule has 0 spiro atoms. The Morgan fingerprint density at radius 3 is 2.30 bits per heavy atom. The predicted molar refractivity (Wildman–Crippen MR) is 110 cm³/mol. The van der Waals surface area contributed by atoms with Crippen LogP contribution in [0.1, 0.15) is 56.2 Å². The SMILES string of the molecule is CC(C)c1c(C#N)cc2c(oc3c(-c4ccccn4)cccc32)c1C(C)C. The molecule has 0 saturated heterocycles. The molecule has 0 atom stereocenters. The molecule has 2 aromatic heterocycles. The van der Waals surface area contributed by atoms with Crippen molar-refractivity contribution in [2.75, 3.05) is 0 Å². The average Bonchev–Trinajstić information content (AvgIpc) is 3.05. The molecule has 4 rings (SSSR count). The molecule has 3 nitrogen and oxygen atoms in total. The Morgan fingerprint density at radius 2 is 1.67 bits per heavy atom. The van der Waals surface area contributed by atoms with Gasteiger partial charge < -0.3 is 4.42 Å². The largest absolute Gasteiger partial charge is 0.455 e. The van der Waals surface area contributed by atoms with E-state index >= 15 is 0 Å². The zero-order chi connectivity index (χ0) is 19.1. The lowest BCUT2D eigenvalue weighted by molar-refractivity contribution is 0.652. The number of pyridine rings is 1. The van der Waals surface area contributed by atoms with Crippen LogP contribution in [0.3, 0.4) is 0 Å². The van der Waals surface area contributed by atoms with Crippen LogP contribution in [0.4, 0.5) is 0 Å². The van der Waals surface area contributed by atoms with Gasteiger partial charge in [-0.3, -0.25) is 4.98 Å². The molecule has 0 amide bonds. The van der Waals surface area contributed by atoms with Crippen molar-refractivity contribution in [3.8, 4) is 17.3 Å². The van der Waals surface area contributed by atoms with Gasteiger partial charge >= 0.3 is 0 Å². The number of fused-ring (bicyclic) bond motifs is 3. The molecule has 27 heavy (non-hydrogen) atoms. The average molecular weight is 354 g/mol. The van der Waals surface area contributed by atoms with E-state index < -0.39 is 0 Å². The van der Waals surface area contributed by atoms with Gasteiger partial charge in [0.15, 0.2) is 0 Å². The Labute approximate surface area is 159 Å². The molecule has 0 saturated carbocycles. The van der Waals surface area contributed by atoms with Crippen molar-refractivity contribution in [1.29, 1.82) is 5.26 Å². The fraction of sp³-hybridized carbons (Fsp3) is 0.250. The molecule has 0 fully saturated rings. The Hall–Kier alpha value is -3.12. The summed E-state index contributed by atoms with van der Waals surface area (Å²) in [5.41, 5.74) is 6.57. The zero-order valence-electron chi connectivity index (χ0n) is 16.1. The molecule has 134 valence electrons. The third-order valence-electron chi connectivity index (χ3n) is 5.08. The molecular formula is C24H22N2O. The van der Waals surface area contributed by atoms with Crippen molar-refractivity contribution in [2.45, 2.75) is 39.5 Å². The highest BCUT2D eigenvalue weighted by Gasteiger charge is 2.23. The van der Waals surface area contributed by atoms with Crippen molar-refractivity contribution in [2.24, 2.45) is 0 Å². The van der Waals surface area contributed by atoms with Gasteiger partial charge in [-0.1, -0.05) is 45.9 Å². The summed E-state index contributed by atoms with van der Waals surface area (Å²) in [7, 11) is 0. The molecule has 0 bridgehead atoms. The molecule has 4 aromatic rings. The Balaban J connectivity index is 2.17.